The Kier molecular flexibility index (Phi) is 5.60. The van der Waals surface area contributed by atoms with Gasteiger partial charge in [-0.3, -0.25) is 4.98 Å². The first kappa shape index (κ1) is 14.5. The van der Waals surface area contributed by atoms with Crippen LogP contribution >= 0.6 is 0 Å². The van der Waals surface area contributed by atoms with Crippen LogP contribution in [0.2, 0.25) is 0 Å². The summed E-state index contributed by atoms with van der Waals surface area (Å²) in [5.74, 6) is 1.28. The standard InChI is InChI=1S/C14H21N3O/c1-10(2)8-16-9-13-14(18-12(4)7-15)6-5-11(3)17-13/h5-6,10,12,16H,8-9H2,1-4H3. The zero-order chi connectivity index (χ0) is 13.5. The van der Waals surface area contributed by atoms with Crippen LogP contribution < -0.4 is 10.1 Å². The molecule has 1 rings (SSSR count). The summed E-state index contributed by atoms with van der Waals surface area (Å²) in [5.41, 5.74) is 1.81. The lowest BCUT2D eigenvalue weighted by Gasteiger charge is -2.14. The van der Waals surface area contributed by atoms with E-state index < -0.39 is 6.10 Å². The van der Waals surface area contributed by atoms with Gasteiger partial charge in [0.15, 0.2) is 6.10 Å². The molecule has 0 aromatic carbocycles. The van der Waals surface area contributed by atoms with Gasteiger partial charge in [-0.2, -0.15) is 5.26 Å². The molecule has 1 aromatic rings. The molecule has 0 aliphatic rings. The van der Waals surface area contributed by atoms with Crippen molar-refractivity contribution in [2.24, 2.45) is 5.92 Å². The lowest BCUT2D eigenvalue weighted by molar-refractivity contribution is 0.271. The van der Waals surface area contributed by atoms with Crippen LogP contribution in [0.25, 0.3) is 0 Å². The van der Waals surface area contributed by atoms with Gasteiger partial charge in [0.1, 0.15) is 11.8 Å². The van der Waals surface area contributed by atoms with E-state index in [9.17, 15) is 0 Å². The van der Waals surface area contributed by atoms with Gasteiger partial charge in [-0.05, 0) is 38.4 Å². The largest absolute Gasteiger partial charge is 0.474 e. The predicted octanol–water partition coefficient (Wildman–Crippen LogP) is 2.43. The molecule has 1 unspecified atom stereocenters. The van der Waals surface area contributed by atoms with E-state index in [4.69, 9.17) is 10.00 Å². The monoisotopic (exact) mass is 247 g/mol. The van der Waals surface area contributed by atoms with Gasteiger partial charge in [0.25, 0.3) is 0 Å². The van der Waals surface area contributed by atoms with Crippen molar-refractivity contribution >= 4 is 0 Å². The number of aromatic nitrogens is 1. The molecule has 98 valence electrons. The van der Waals surface area contributed by atoms with Crippen LogP contribution in [0.15, 0.2) is 12.1 Å². The highest BCUT2D eigenvalue weighted by atomic mass is 16.5. The van der Waals surface area contributed by atoms with Crippen molar-refractivity contribution in [2.45, 2.75) is 40.3 Å². The van der Waals surface area contributed by atoms with Crippen molar-refractivity contribution in [3.63, 3.8) is 0 Å². The molecule has 1 N–H and O–H groups in total. The molecule has 1 atom stereocenters. The second kappa shape index (κ2) is 6.97. The molecular formula is C14H21N3O. The summed E-state index contributed by atoms with van der Waals surface area (Å²) in [6.45, 7) is 9.59. The first-order chi connectivity index (χ1) is 8.52. The average molecular weight is 247 g/mol. The Morgan fingerprint density at radius 3 is 2.72 bits per heavy atom. The van der Waals surface area contributed by atoms with Gasteiger partial charge in [-0.25, -0.2) is 0 Å². The zero-order valence-electron chi connectivity index (χ0n) is 11.5. The molecule has 0 aliphatic carbocycles. The second-order valence-corrected chi connectivity index (χ2v) is 4.81. The Balaban J connectivity index is 2.74. The van der Waals surface area contributed by atoms with E-state index in [-0.39, 0.29) is 0 Å². The fraction of sp³-hybridized carbons (Fsp3) is 0.571. The normalized spacial score (nSPS) is 12.2. The SMILES string of the molecule is Cc1ccc(OC(C)C#N)c(CNCC(C)C)n1. The van der Waals surface area contributed by atoms with Crippen molar-refractivity contribution in [2.75, 3.05) is 6.54 Å². The first-order valence-electron chi connectivity index (χ1n) is 6.26. The summed E-state index contributed by atoms with van der Waals surface area (Å²) in [6.07, 6.45) is -0.460. The lowest BCUT2D eigenvalue weighted by atomic mass is 10.2. The molecule has 0 amide bonds. The number of aryl methyl sites for hydroxylation is 1. The highest BCUT2D eigenvalue weighted by molar-refractivity contribution is 5.29. The number of pyridine rings is 1. The maximum absolute atomic E-state index is 8.78. The third-order valence-electron chi connectivity index (χ3n) is 2.40. The number of nitriles is 1. The van der Waals surface area contributed by atoms with E-state index in [2.05, 4.69) is 30.2 Å². The summed E-state index contributed by atoms with van der Waals surface area (Å²) >= 11 is 0. The zero-order valence-corrected chi connectivity index (χ0v) is 11.5. The van der Waals surface area contributed by atoms with Crippen LogP contribution in [-0.2, 0) is 6.54 Å². The Morgan fingerprint density at radius 2 is 2.11 bits per heavy atom. The number of rotatable bonds is 6. The number of hydrogen-bond donors (Lipinski definition) is 1. The summed E-state index contributed by atoms with van der Waals surface area (Å²) in [4.78, 5) is 4.46. The smallest absolute Gasteiger partial charge is 0.181 e. The molecule has 0 aliphatic heterocycles. The summed E-state index contributed by atoms with van der Waals surface area (Å²) < 4.78 is 5.54. The van der Waals surface area contributed by atoms with Crippen LogP contribution in [0.5, 0.6) is 5.75 Å². The quantitative estimate of drug-likeness (QED) is 0.838. The Hall–Kier alpha value is -1.60. The molecule has 0 saturated carbocycles. The van der Waals surface area contributed by atoms with E-state index in [1.54, 1.807) is 6.92 Å². The Morgan fingerprint density at radius 1 is 1.39 bits per heavy atom. The fourth-order valence-electron chi connectivity index (χ4n) is 1.53. The molecule has 1 aromatic heterocycles. The van der Waals surface area contributed by atoms with Crippen molar-refractivity contribution < 1.29 is 4.74 Å². The molecule has 1 heterocycles. The molecule has 18 heavy (non-hydrogen) atoms. The van der Waals surface area contributed by atoms with Crippen molar-refractivity contribution in [3.05, 3.63) is 23.5 Å². The van der Waals surface area contributed by atoms with Gasteiger partial charge in [-0.1, -0.05) is 13.8 Å². The molecule has 0 fully saturated rings. The molecule has 0 saturated heterocycles. The number of hydrogen-bond acceptors (Lipinski definition) is 4. The molecule has 0 spiro atoms. The number of nitrogens with one attached hydrogen (secondary N) is 1. The van der Waals surface area contributed by atoms with E-state index in [1.165, 1.54) is 0 Å². The maximum atomic E-state index is 8.78. The Bertz CT molecular complexity index is 424. The van der Waals surface area contributed by atoms with E-state index in [0.717, 1.165) is 17.9 Å². The van der Waals surface area contributed by atoms with Gasteiger partial charge in [0.05, 0.1) is 5.69 Å². The second-order valence-electron chi connectivity index (χ2n) is 4.81. The van der Waals surface area contributed by atoms with Gasteiger partial charge in [0, 0.05) is 12.2 Å². The molecule has 4 heteroatoms. The van der Waals surface area contributed by atoms with Crippen molar-refractivity contribution in [1.29, 1.82) is 5.26 Å². The minimum absolute atomic E-state index is 0.460. The average Bonchev–Trinajstić information content (AvgIpc) is 2.31. The molecule has 0 bridgehead atoms. The van der Waals surface area contributed by atoms with Crippen LogP contribution in [0.1, 0.15) is 32.2 Å². The topological polar surface area (TPSA) is 57.9 Å². The van der Waals surface area contributed by atoms with Gasteiger partial charge in [-0.15, -0.1) is 0 Å². The van der Waals surface area contributed by atoms with Crippen LogP contribution in [0, 0.1) is 24.2 Å². The summed E-state index contributed by atoms with van der Waals surface area (Å²) in [7, 11) is 0. The number of nitrogens with zero attached hydrogens (tertiary/aromatic N) is 2. The maximum Gasteiger partial charge on any atom is 0.181 e. The van der Waals surface area contributed by atoms with Gasteiger partial charge in [0.2, 0.25) is 0 Å². The molecule has 0 radical (unpaired) electrons. The number of ether oxygens (including phenoxy) is 1. The van der Waals surface area contributed by atoms with Crippen molar-refractivity contribution in [3.8, 4) is 11.8 Å². The first-order valence-corrected chi connectivity index (χ1v) is 6.26. The van der Waals surface area contributed by atoms with E-state index in [0.29, 0.717) is 18.2 Å². The molecular weight excluding hydrogens is 226 g/mol. The highest BCUT2D eigenvalue weighted by Gasteiger charge is 2.09. The third kappa shape index (κ3) is 4.72. The lowest BCUT2D eigenvalue weighted by Crippen LogP contribution is -2.21. The Labute approximate surface area is 109 Å². The van der Waals surface area contributed by atoms with Gasteiger partial charge >= 0.3 is 0 Å². The van der Waals surface area contributed by atoms with Crippen LogP contribution in [0.3, 0.4) is 0 Å². The minimum Gasteiger partial charge on any atom is -0.474 e. The van der Waals surface area contributed by atoms with Gasteiger partial charge < -0.3 is 10.1 Å². The van der Waals surface area contributed by atoms with Crippen molar-refractivity contribution in [1.82, 2.24) is 10.3 Å². The third-order valence-corrected chi connectivity index (χ3v) is 2.40. The summed E-state index contributed by atoms with van der Waals surface area (Å²) in [5, 5.41) is 12.1. The summed E-state index contributed by atoms with van der Waals surface area (Å²) in [6, 6.07) is 5.83. The van der Waals surface area contributed by atoms with E-state index in [1.807, 2.05) is 19.1 Å². The predicted molar refractivity (Wildman–Crippen MR) is 71.2 cm³/mol. The van der Waals surface area contributed by atoms with Crippen LogP contribution in [-0.4, -0.2) is 17.6 Å². The fourth-order valence-corrected chi connectivity index (χ4v) is 1.53. The molecule has 4 nitrogen and oxygen atoms in total. The highest BCUT2D eigenvalue weighted by Crippen LogP contribution is 2.18. The van der Waals surface area contributed by atoms with Crippen LogP contribution in [0.4, 0.5) is 0 Å². The minimum atomic E-state index is -0.460. The van der Waals surface area contributed by atoms with E-state index >= 15 is 0 Å².